The maximum absolute atomic E-state index is 14.2. The van der Waals surface area contributed by atoms with Gasteiger partial charge in [-0.15, -0.1) is 0 Å². The summed E-state index contributed by atoms with van der Waals surface area (Å²) in [5, 5.41) is 33.7. The van der Waals surface area contributed by atoms with Crippen molar-refractivity contribution in [2.24, 2.45) is 59.0 Å². The SMILES string of the molecule is CCC1CCCC(C2CC(N(C)C)C3C[C@H]4C[C@H]5CC(O)C(C(N)=O)C(=O)[C@@]5(O)C(=O)C4C(=O)C3C2O)C1. The molecule has 5 rings (SSSR count). The van der Waals surface area contributed by atoms with E-state index in [2.05, 4.69) is 11.8 Å². The van der Waals surface area contributed by atoms with Crippen molar-refractivity contribution < 1.29 is 34.5 Å². The lowest BCUT2D eigenvalue weighted by molar-refractivity contribution is -0.190. The van der Waals surface area contributed by atoms with Crippen LogP contribution in [0.15, 0.2) is 0 Å². The van der Waals surface area contributed by atoms with Crippen molar-refractivity contribution in [1.82, 2.24) is 4.90 Å². The number of nitrogens with zero attached hydrogens (tertiary/aromatic N) is 1. The van der Waals surface area contributed by atoms with Gasteiger partial charge in [0.2, 0.25) is 5.91 Å². The molecule has 0 spiro atoms. The van der Waals surface area contributed by atoms with Crippen molar-refractivity contribution in [3.8, 4) is 0 Å². The highest BCUT2D eigenvalue weighted by Crippen LogP contribution is 2.56. The number of hydrogen-bond donors (Lipinski definition) is 4. The number of ketones is 3. The molecule has 212 valence electrons. The molecule has 9 heteroatoms. The molecule has 0 aromatic carbocycles. The lowest BCUT2D eigenvalue weighted by Crippen LogP contribution is -2.71. The highest BCUT2D eigenvalue weighted by atomic mass is 16.3. The standard InChI is InChI=1S/C29H44N2O7/c1-4-13-6-5-7-14(8-13)17-12-19(31(2)3)18-10-15-9-16-11-20(32)23(28(30)37)27(36)29(16,38)26(35)21(15)25(34)22(18)24(17)33/h13-24,32-33,38H,4-12H2,1-3H3,(H2,30,37)/t13?,14?,15-,16+,17?,18?,19?,20?,21?,22?,23?,24?,29+/m1/s1. The smallest absolute Gasteiger partial charge is 0.230 e. The predicted octanol–water partition coefficient (Wildman–Crippen LogP) is 0.707. The number of fused-ring (bicyclic) bond motifs is 3. The number of Topliss-reactive ketones (excluding diaryl/α,β-unsaturated/α-hetero) is 3. The molecule has 5 aliphatic carbocycles. The van der Waals surface area contributed by atoms with Crippen LogP contribution < -0.4 is 5.73 Å². The molecule has 13 atom stereocenters. The van der Waals surface area contributed by atoms with E-state index in [4.69, 9.17) is 5.73 Å². The van der Waals surface area contributed by atoms with E-state index in [1.807, 2.05) is 14.1 Å². The molecular weight excluding hydrogens is 488 g/mol. The number of rotatable bonds is 4. The van der Waals surface area contributed by atoms with Crippen molar-refractivity contribution >= 4 is 23.3 Å². The summed E-state index contributed by atoms with van der Waals surface area (Å²) in [5.74, 6) is -7.49. The summed E-state index contributed by atoms with van der Waals surface area (Å²) in [5.41, 5.74) is 2.83. The largest absolute Gasteiger partial charge is 0.392 e. The fraction of sp³-hybridized carbons (Fsp3) is 0.862. The lowest BCUT2D eigenvalue weighted by Gasteiger charge is -2.57. The van der Waals surface area contributed by atoms with E-state index in [0.717, 1.165) is 32.1 Å². The second-order valence-electron chi connectivity index (χ2n) is 13.3. The number of aliphatic hydroxyl groups excluding tert-OH is 2. The highest BCUT2D eigenvalue weighted by molar-refractivity contribution is 6.23. The second-order valence-corrected chi connectivity index (χ2v) is 13.3. The Labute approximate surface area is 224 Å². The molecule has 0 aromatic heterocycles. The maximum Gasteiger partial charge on any atom is 0.230 e. The van der Waals surface area contributed by atoms with Gasteiger partial charge in [-0.25, -0.2) is 0 Å². The Morgan fingerprint density at radius 2 is 1.68 bits per heavy atom. The van der Waals surface area contributed by atoms with Gasteiger partial charge in [0, 0.05) is 17.9 Å². The zero-order valence-corrected chi connectivity index (χ0v) is 22.8. The number of nitrogens with two attached hydrogens (primary N) is 1. The van der Waals surface area contributed by atoms with Gasteiger partial charge in [0.05, 0.1) is 18.1 Å². The molecule has 9 nitrogen and oxygen atoms in total. The molecule has 0 aliphatic heterocycles. The predicted molar refractivity (Wildman–Crippen MR) is 137 cm³/mol. The van der Waals surface area contributed by atoms with E-state index in [-0.39, 0.29) is 42.4 Å². The van der Waals surface area contributed by atoms with Gasteiger partial charge in [0.15, 0.2) is 17.2 Å². The summed E-state index contributed by atoms with van der Waals surface area (Å²) < 4.78 is 0. The fourth-order valence-corrected chi connectivity index (χ4v) is 9.42. The number of hydrogen-bond acceptors (Lipinski definition) is 8. The Morgan fingerprint density at radius 1 is 0.974 bits per heavy atom. The Kier molecular flexibility index (Phi) is 7.38. The summed E-state index contributed by atoms with van der Waals surface area (Å²) in [6.45, 7) is 2.20. The fourth-order valence-electron chi connectivity index (χ4n) is 9.42. The zero-order valence-electron chi connectivity index (χ0n) is 22.8. The van der Waals surface area contributed by atoms with Gasteiger partial charge in [0.1, 0.15) is 11.7 Å². The van der Waals surface area contributed by atoms with Crippen LogP contribution in [0.4, 0.5) is 0 Å². The molecule has 5 N–H and O–H groups in total. The van der Waals surface area contributed by atoms with Crippen LogP contribution in [0.1, 0.15) is 64.7 Å². The Hall–Kier alpha value is -1.68. The summed E-state index contributed by atoms with van der Waals surface area (Å²) >= 11 is 0. The first kappa shape index (κ1) is 27.9. The van der Waals surface area contributed by atoms with Crippen LogP contribution in [0.5, 0.6) is 0 Å². The Balaban J connectivity index is 1.47. The van der Waals surface area contributed by atoms with E-state index < -0.39 is 59.0 Å². The molecule has 0 aromatic rings. The first-order chi connectivity index (χ1) is 17.9. The van der Waals surface area contributed by atoms with Crippen molar-refractivity contribution in [3.63, 3.8) is 0 Å². The van der Waals surface area contributed by atoms with Crippen molar-refractivity contribution in [3.05, 3.63) is 0 Å². The summed E-state index contributed by atoms with van der Waals surface area (Å²) in [4.78, 5) is 55.3. The Bertz CT molecular complexity index is 999. The second kappa shape index (κ2) is 10.1. The van der Waals surface area contributed by atoms with Crippen LogP contribution in [-0.2, 0) is 19.2 Å². The van der Waals surface area contributed by atoms with Gasteiger partial charge in [-0.3, -0.25) is 19.2 Å². The first-order valence-corrected chi connectivity index (χ1v) is 14.6. The molecule has 0 bridgehead atoms. The molecule has 5 aliphatic rings. The molecule has 0 radical (unpaired) electrons. The van der Waals surface area contributed by atoms with Gasteiger partial charge in [-0.2, -0.15) is 0 Å². The van der Waals surface area contributed by atoms with Gasteiger partial charge in [-0.05, 0) is 75.8 Å². The highest BCUT2D eigenvalue weighted by Gasteiger charge is 2.68. The number of carbonyl (C=O) groups is 4. The van der Waals surface area contributed by atoms with E-state index >= 15 is 0 Å². The number of primary amides is 1. The first-order valence-electron chi connectivity index (χ1n) is 14.6. The van der Waals surface area contributed by atoms with E-state index in [1.54, 1.807) is 0 Å². The van der Waals surface area contributed by atoms with Crippen molar-refractivity contribution in [2.45, 2.75) is 88.6 Å². The van der Waals surface area contributed by atoms with Crippen LogP contribution in [0.25, 0.3) is 0 Å². The van der Waals surface area contributed by atoms with E-state index in [1.165, 1.54) is 6.42 Å². The monoisotopic (exact) mass is 532 g/mol. The molecule has 38 heavy (non-hydrogen) atoms. The van der Waals surface area contributed by atoms with Crippen LogP contribution in [-0.4, -0.2) is 81.4 Å². The topological polar surface area (TPSA) is 158 Å². The van der Waals surface area contributed by atoms with Crippen LogP contribution >= 0.6 is 0 Å². The van der Waals surface area contributed by atoms with Crippen LogP contribution in [0, 0.1) is 53.3 Å². The minimum Gasteiger partial charge on any atom is -0.392 e. The average Bonchev–Trinajstić information content (AvgIpc) is 2.86. The Morgan fingerprint density at radius 3 is 2.32 bits per heavy atom. The molecular formula is C29H44N2O7. The summed E-state index contributed by atoms with van der Waals surface area (Å²) in [7, 11) is 4.02. The van der Waals surface area contributed by atoms with Crippen molar-refractivity contribution in [2.75, 3.05) is 14.1 Å². The van der Waals surface area contributed by atoms with E-state index in [9.17, 15) is 34.5 Å². The van der Waals surface area contributed by atoms with Crippen LogP contribution in [0.2, 0.25) is 0 Å². The summed E-state index contributed by atoms with van der Waals surface area (Å²) in [6.07, 6.45) is 4.74. The quantitative estimate of drug-likeness (QED) is 0.385. The molecule has 0 saturated heterocycles. The van der Waals surface area contributed by atoms with Gasteiger partial charge < -0.3 is 26.0 Å². The third-order valence-corrected chi connectivity index (χ3v) is 11.3. The maximum atomic E-state index is 14.2. The minimum absolute atomic E-state index is 0.0428. The van der Waals surface area contributed by atoms with Gasteiger partial charge in [0.25, 0.3) is 0 Å². The molecule has 1 amide bonds. The minimum atomic E-state index is -2.51. The normalized spacial score (nSPS) is 49.3. The summed E-state index contributed by atoms with van der Waals surface area (Å²) in [6, 6.07) is 0.0778. The third-order valence-electron chi connectivity index (χ3n) is 11.3. The molecule has 5 fully saturated rings. The number of carbonyl (C=O) groups excluding carboxylic acids is 4. The van der Waals surface area contributed by atoms with Crippen molar-refractivity contribution in [1.29, 1.82) is 0 Å². The molecule has 10 unspecified atom stereocenters. The van der Waals surface area contributed by atoms with Crippen LogP contribution in [0.3, 0.4) is 0 Å². The molecule has 5 saturated carbocycles. The van der Waals surface area contributed by atoms with Gasteiger partial charge in [-0.1, -0.05) is 32.6 Å². The van der Waals surface area contributed by atoms with E-state index in [0.29, 0.717) is 18.3 Å². The molecule has 0 heterocycles. The zero-order chi connectivity index (χ0) is 27.7. The van der Waals surface area contributed by atoms with Gasteiger partial charge >= 0.3 is 0 Å². The number of amides is 1. The number of aliphatic hydroxyl groups is 3. The third kappa shape index (κ3) is 4.11. The average molecular weight is 533 g/mol. The lowest BCUT2D eigenvalue weighted by atomic mass is 9.48.